The molecule has 0 aliphatic rings. The molecule has 2 aromatic carbocycles. The van der Waals surface area contributed by atoms with Gasteiger partial charge in [0.1, 0.15) is 11.0 Å². The summed E-state index contributed by atoms with van der Waals surface area (Å²) in [6.45, 7) is 0.590. The quantitative estimate of drug-likeness (QED) is 0.504. The maximum atomic E-state index is 12.7. The molecule has 5 aromatic rings. The molecule has 0 saturated carbocycles. The molecule has 3 aromatic heterocycles. The van der Waals surface area contributed by atoms with Crippen LogP contribution < -0.4 is 10.7 Å². The largest absolute Gasteiger partial charge is 0.425 e. The second-order valence-corrected chi connectivity index (χ2v) is 6.60. The summed E-state index contributed by atoms with van der Waals surface area (Å²) in [7, 11) is 0. The number of para-hydroxylation sites is 1. The van der Waals surface area contributed by atoms with Crippen molar-refractivity contribution in [2.75, 3.05) is 5.32 Å². The van der Waals surface area contributed by atoms with E-state index in [9.17, 15) is 9.59 Å². The summed E-state index contributed by atoms with van der Waals surface area (Å²) in [5.74, 6) is -0.420. The van der Waals surface area contributed by atoms with Crippen molar-refractivity contribution in [3.63, 3.8) is 0 Å². The van der Waals surface area contributed by atoms with Gasteiger partial charge in [0.05, 0.1) is 11.9 Å². The third-order valence-corrected chi connectivity index (χ3v) is 4.59. The summed E-state index contributed by atoms with van der Waals surface area (Å²) in [4.78, 5) is 25.3. The van der Waals surface area contributed by atoms with E-state index in [0.29, 0.717) is 23.2 Å². The topological polar surface area (TPSA) is 90.3 Å². The minimum Gasteiger partial charge on any atom is -0.425 e. The molecule has 3 heterocycles. The van der Waals surface area contributed by atoms with Crippen molar-refractivity contribution in [2.45, 2.75) is 6.54 Å². The second-order valence-electron chi connectivity index (χ2n) is 6.60. The molecule has 0 aliphatic carbocycles. The number of hydrogen-bond acceptors (Lipinski definition) is 5. The van der Waals surface area contributed by atoms with E-state index in [2.05, 4.69) is 10.4 Å². The first-order chi connectivity index (χ1) is 14.2. The average molecular weight is 385 g/mol. The number of rotatable bonds is 4. The van der Waals surface area contributed by atoms with Gasteiger partial charge in [0.15, 0.2) is 5.76 Å². The van der Waals surface area contributed by atoms with Gasteiger partial charge in [-0.15, -0.1) is 0 Å². The minimum absolute atomic E-state index is 0.00800. The van der Waals surface area contributed by atoms with Gasteiger partial charge >= 0.3 is 5.78 Å². The monoisotopic (exact) mass is 385 g/mol. The number of furan rings is 1. The Morgan fingerprint density at radius 2 is 1.90 bits per heavy atom. The zero-order chi connectivity index (χ0) is 19.8. The molecule has 29 heavy (non-hydrogen) atoms. The molecule has 1 N–H and O–H groups in total. The lowest BCUT2D eigenvalue weighted by molar-refractivity contribution is 0.0997. The molecule has 0 saturated heterocycles. The van der Waals surface area contributed by atoms with Crippen LogP contribution in [-0.4, -0.2) is 15.7 Å². The van der Waals surface area contributed by atoms with Crippen molar-refractivity contribution in [3.8, 4) is 0 Å². The number of carbonyl (C=O) groups is 1. The van der Waals surface area contributed by atoms with E-state index in [1.807, 2.05) is 30.5 Å². The Hall–Kier alpha value is -4.13. The minimum atomic E-state index is -0.462. The highest BCUT2D eigenvalue weighted by Crippen LogP contribution is 2.22. The van der Waals surface area contributed by atoms with E-state index >= 15 is 0 Å². The lowest BCUT2D eigenvalue weighted by atomic mass is 10.2. The van der Waals surface area contributed by atoms with Gasteiger partial charge in [-0.3, -0.25) is 14.3 Å². The molecule has 0 bridgehead atoms. The number of anilines is 1. The number of carbonyl (C=O) groups excluding carboxylic acids is 1. The Morgan fingerprint density at radius 3 is 2.76 bits per heavy atom. The molecule has 142 valence electrons. The van der Waals surface area contributed by atoms with Gasteiger partial charge in [0.25, 0.3) is 5.91 Å². The second kappa shape index (κ2) is 6.79. The first-order valence-corrected chi connectivity index (χ1v) is 9.00. The lowest BCUT2D eigenvalue weighted by Crippen LogP contribution is -2.11. The number of amides is 1. The van der Waals surface area contributed by atoms with Gasteiger partial charge < -0.3 is 14.2 Å². The van der Waals surface area contributed by atoms with Crippen molar-refractivity contribution in [1.29, 1.82) is 0 Å². The number of hydrogen-bond donors (Lipinski definition) is 1. The fourth-order valence-corrected chi connectivity index (χ4v) is 3.23. The fourth-order valence-electron chi connectivity index (χ4n) is 3.23. The average Bonchev–Trinajstić information content (AvgIpc) is 3.38. The van der Waals surface area contributed by atoms with Crippen LogP contribution in [0.1, 0.15) is 16.1 Å². The molecule has 7 nitrogen and oxygen atoms in total. The van der Waals surface area contributed by atoms with Gasteiger partial charge in [-0.2, -0.15) is 5.10 Å². The molecule has 0 fully saturated rings. The van der Waals surface area contributed by atoms with Gasteiger partial charge in [-0.25, -0.2) is 0 Å². The number of nitrogens with one attached hydrogen (secondary N) is 1. The molecular formula is C22H15N3O4. The standard InChI is InChI=1S/C22H15N3O4/c26-20-16-7-1-2-8-18(16)28-22-17(20)12-19(29-22)21(27)24-15-6-3-5-14(11-15)13-25-10-4-9-23-25/h1-12H,13H2,(H,24,27). The van der Waals surface area contributed by atoms with E-state index in [1.165, 1.54) is 6.07 Å². The van der Waals surface area contributed by atoms with Crippen LogP contribution in [0.15, 0.2) is 86.7 Å². The van der Waals surface area contributed by atoms with Crippen LogP contribution in [0.2, 0.25) is 0 Å². The SMILES string of the molecule is O=C(Nc1cccc(Cn2cccn2)c1)c1cc2c(=O)c3ccccc3oc2o1. The van der Waals surface area contributed by atoms with Gasteiger partial charge in [-0.05, 0) is 35.9 Å². The van der Waals surface area contributed by atoms with Crippen LogP contribution in [0, 0.1) is 0 Å². The van der Waals surface area contributed by atoms with Crippen molar-refractivity contribution in [3.05, 3.63) is 94.6 Å². The third-order valence-electron chi connectivity index (χ3n) is 4.59. The predicted molar refractivity (Wildman–Crippen MR) is 108 cm³/mol. The first kappa shape index (κ1) is 17.0. The Balaban J connectivity index is 1.44. The van der Waals surface area contributed by atoms with E-state index in [0.717, 1.165) is 5.56 Å². The van der Waals surface area contributed by atoms with Crippen LogP contribution >= 0.6 is 0 Å². The number of benzene rings is 2. The van der Waals surface area contributed by atoms with Gasteiger partial charge in [-0.1, -0.05) is 24.3 Å². The Morgan fingerprint density at radius 1 is 1.00 bits per heavy atom. The van der Waals surface area contributed by atoms with Crippen LogP contribution in [0.3, 0.4) is 0 Å². The maximum absolute atomic E-state index is 12.7. The van der Waals surface area contributed by atoms with E-state index in [4.69, 9.17) is 8.83 Å². The van der Waals surface area contributed by atoms with E-state index < -0.39 is 5.91 Å². The zero-order valence-corrected chi connectivity index (χ0v) is 15.2. The molecule has 0 radical (unpaired) electrons. The fraction of sp³-hybridized carbons (Fsp3) is 0.0455. The molecular weight excluding hydrogens is 370 g/mol. The van der Waals surface area contributed by atoms with Crippen molar-refractivity contribution < 1.29 is 13.6 Å². The van der Waals surface area contributed by atoms with E-state index in [-0.39, 0.29) is 22.4 Å². The summed E-state index contributed by atoms with van der Waals surface area (Å²) in [5.41, 5.74) is 1.78. The molecule has 0 unspecified atom stereocenters. The molecule has 0 atom stereocenters. The summed E-state index contributed by atoms with van der Waals surface area (Å²) in [6.07, 6.45) is 3.58. The first-order valence-electron chi connectivity index (χ1n) is 9.00. The maximum Gasteiger partial charge on any atom is 0.302 e. The van der Waals surface area contributed by atoms with Crippen LogP contribution in [-0.2, 0) is 6.54 Å². The number of fused-ring (bicyclic) bond motifs is 2. The van der Waals surface area contributed by atoms with E-state index in [1.54, 1.807) is 41.2 Å². The Kier molecular flexibility index (Phi) is 3.98. The predicted octanol–water partition coefficient (Wildman–Crippen LogP) is 4.04. The number of aromatic nitrogens is 2. The highest BCUT2D eigenvalue weighted by Gasteiger charge is 2.18. The van der Waals surface area contributed by atoms with Crippen LogP contribution in [0.5, 0.6) is 0 Å². The molecule has 7 heteroatoms. The van der Waals surface area contributed by atoms with Crippen molar-refractivity contribution in [2.24, 2.45) is 0 Å². The van der Waals surface area contributed by atoms with Crippen molar-refractivity contribution in [1.82, 2.24) is 9.78 Å². The lowest BCUT2D eigenvalue weighted by Gasteiger charge is -2.06. The zero-order valence-electron chi connectivity index (χ0n) is 15.2. The highest BCUT2D eigenvalue weighted by atomic mass is 16.5. The van der Waals surface area contributed by atoms with Crippen LogP contribution in [0.25, 0.3) is 22.1 Å². The summed E-state index contributed by atoms with van der Waals surface area (Å²) in [5, 5.41) is 7.65. The van der Waals surface area contributed by atoms with Gasteiger partial charge in [0, 0.05) is 24.1 Å². The summed E-state index contributed by atoms with van der Waals surface area (Å²) >= 11 is 0. The Bertz CT molecular complexity index is 1400. The molecule has 1 amide bonds. The Labute approximate surface area is 164 Å². The van der Waals surface area contributed by atoms with Crippen molar-refractivity contribution >= 4 is 33.7 Å². The third kappa shape index (κ3) is 3.19. The summed E-state index contributed by atoms with van der Waals surface area (Å²) in [6, 6.07) is 17.6. The van der Waals surface area contributed by atoms with Crippen LogP contribution in [0.4, 0.5) is 5.69 Å². The normalized spacial score (nSPS) is 11.2. The molecule has 5 rings (SSSR count). The molecule has 0 aliphatic heterocycles. The smallest absolute Gasteiger partial charge is 0.302 e. The highest BCUT2D eigenvalue weighted by molar-refractivity contribution is 6.04. The molecule has 0 spiro atoms. The van der Waals surface area contributed by atoms with Gasteiger partial charge in [0.2, 0.25) is 5.43 Å². The summed E-state index contributed by atoms with van der Waals surface area (Å²) < 4.78 is 12.9. The number of nitrogens with zero attached hydrogens (tertiary/aromatic N) is 2.